The van der Waals surface area contributed by atoms with Crippen molar-refractivity contribution >= 4 is 23.3 Å². The van der Waals surface area contributed by atoms with Gasteiger partial charge in [-0.3, -0.25) is 4.79 Å². The molecule has 144 valence electrons. The Morgan fingerprint density at radius 2 is 1.79 bits per heavy atom. The van der Waals surface area contributed by atoms with E-state index in [0.717, 1.165) is 28.1 Å². The molecule has 5 heteroatoms. The van der Waals surface area contributed by atoms with E-state index in [9.17, 15) is 4.79 Å². The summed E-state index contributed by atoms with van der Waals surface area (Å²) in [5, 5.41) is 8.82. The van der Waals surface area contributed by atoms with Crippen LogP contribution in [0.15, 0.2) is 89.8 Å². The van der Waals surface area contributed by atoms with Crippen LogP contribution in [0.4, 0.5) is 0 Å². The summed E-state index contributed by atoms with van der Waals surface area (Å²) < 4.78 is 1.87. The molecule has 0 spiro atoms. The minimum atomic E-state index is -0.0392. The fourth-order valence-corrected chi connectivity index (χ4v) is 3.70. The van der Waals surface area contributed by atoms with Crippen LogP contribution in [0.2, 0.25) is 0 Å². The Kier molecular flexibility index (Phi) is 5.68. The molecule has 0 N–H and O–H groups in total. The fourth-order valence-electron chi connectivity index (χ4n) is 3.08. The molecule has 0 aliphatic heterocycles. The number of para-hydroxylation sites is 1. The molecule has 2 aromatic carbocycles. The Morgan fingerprint density at radius 1 is 1.07 bits per heavy atom. The molecule has 0 atom stereocenters. The van der Waals surface area contributed by atoms with Crippen LogP contribution in [0.5, 0.6) is 0 Å². The lowest BCUT2D eigenvalue weighted by atomic mass is 10.1. The molecule has 0 aliphatic carbocycles. The van der Waals surface area contributed by atoms with Crippen molar-refractivity contribution in [2.75, 3.05) is 7.05 Å². The van der Waals surface area contributed by atoms with Crippen molar-refractivity contribution in [2.24, 2.45) is 0 Å². The minimum Gasteiger partial charge on any atom is -0.338 e. The van der Waals surface area contributed by atoms with Gasteiger partial charge in [-0.25, -0.2) is 4.68 Å². The minimum absolute atomic E-state index is 0.0392. The van der Waals surface area contributed by atoms with E-state index < -0.39 is 0 Å². The summed E-state index contributed by atoms with van der Waals surface area (Å²) in [6, 6.07) is 22.1. The summed E-state index contributed by atoms with van der Waals surface area (Å²) in [6.07, 6.45) is 5.47. The van der Waals surface area contributed by atoms with Crippen molar-refractivity contribution in [1.29, 1.82) is 0 Å². The molecule has 0 fully saturated rings. The van der Waals surface area contributed by atoms with E-state index in [0.29, 0.717) is 6.54 Å². The highest BCUT2D eigenvalue weighted by Crippen LogP contribution is 2.24. The lowest BCUT2D eigenvalue weighted by Gasteiger charge is -2.15. The molecule has 0 saturated carbocycles. The Balaban J connectivity index is 1.61. The Bertz CT molecular complexity index is 1100. The first-order valence-electron chi connectivity index (χ1n) is 9.35. The summed E-state index contributed by atoms with van der Waals surface area (Å²) in [6.45, 7) is 0.476. The fraction of sp³-hybridized carbons (Fsp3) is 0.0833. The quantitative estimate of drug-likeness (QED) is 0.414. The number of aromatic nitrogens is 2. The summed E-state index contributed by atoms with van der Waals surface area (Å²) in [7, 11) is 1.81. The second-order valence-electron chi connectivity index (χ2n) is 6.73. The second-order valence-corrected chi connectivity index (χ2v) is 7.51. The first-order valence-corrected chi connectivity index (χ1v) is 10.3. The van der Waals surface area contributed by atoms with E-state index >= 15 is 0 Å². The zero-order valence-corrected chi connectivity index (χ0v) is 16.9. The number of thiophene rings is 1. The number of benzene rings is 2. The van der Waals surface area contributed by atoms with Crippen LogP contribution in [0, 0.1) is 0 Å². The molecule has 0 unspecified atom stereocenters. The highest BCUT2D eigenvalue weighted by atomic mass is 32.1. The number of amides is 1. The van der Waals surface area contributed by atoms with Crippen molar-refractivity contribution in [3.8, 4) is 16.9 Å². The molecule has 0 bridgehead atoms. The third kappa shape index (κ3) is 4.52. The summed E-state index contributed by atoms with van der Waals surface area (Å²) >= 11 is 1.62. The van der Waals surface area contributed by atoms with Gasteiger partial charge in [-0.1, -0.05) is 48.5 Å². The molecule has 4 nitrogen and oxygen atoms in total. The lowest BCUT2D eigenvalue weighted by Crippen LogP contribution is -2.24. The summed E-state index contributed by atoms with van der Waals surface area (Å²) in [5.74, 6) is -0.0392. The maximum atomic E-state index is 12.6. The highest BCUT2D eigenvalue weighted by Gasteiger charge is 2.15. The Hall–Kier alpha value is -3.44. The number of likely N-dealkylation sites (N-methyl/N-ethyl adjacent to an activating group) is 1. The smallest absolute Gasteiger partial charge is 0.246 e. The number of carbonyl (C=O) groups excluding carboxylic acids is 1. The molecule has 2 heterocycles. The maximum Gasteiger partial charge on any atom is 0.246 e. The first kappa shape index (κ1) is 18.9. The van der Waals surface area contributed by atoms with E-state index in [-0.39, 0.29) is 5.91 Å². The van der Waals surface area contributed by atoms with Gasteiger partial charge in [0.2, 0.25) is 5.91 Å². The van der Waals surface area contributed by atoms with Gasteiger partial charge in [0.25, 0.3) is 0 Å². The third-order valence-electron chi connectivity index (χ3n) is 4.60. The molecule has 4 aromatic rings. The summed E-state index contributed by atoms with van der Waals surface area (Å²) in [5.41, 5.74) is 4.95. The second kappa shape index (κ2) is 8.71. The van der Waals surface area contributed by atoms with Gasteiger partial charge in [-0.05, 0) is 40.6 Å². The van der Waals surface area contributed by atoms with Crippen LogP contribution in [-0.2, 0) is 11.3 Å². The molecule has 2 aromatic heterocycles. The van der Waals surface area contributed by atoms with Gasteiger partial charge in [0, 0.05) is 37.0 Å². The van der Waals surface area contributed by atoms with E-state index in [1.807, 2.05) is 101 Å². The maximum absolute atomic E-state index is 12.6. The number of hydrogen-bond acceptors (Lipinski definition) is 3. The number of nitrogens with zero attached hydrogens (tertiary/aromatic N) is 3. The lowest BCUT2D eigenvalue weighted by molar-refractivity contribution is -0.125. The molecule has 4 rings (SSSR count). The van der Waals surface area contributed by atoms with Gasteiger partial charge < -0.3 is 4.90 Å². The van der Waals surface area contributed by atoms with Crippen LogP contribution in [0.1, 0.15) is 11.1 Å². The van der Waals surface area contributed by atoms with Gasteiger partial charge in [0.15, 0.2) is 0 Å². The van der Waals surface area contributed by atoms with Crippen molar-refractivity contribution in [1.82, 2.24) is 14.7 Å². The van der Waals surface area contributed by atoms with Crippen LogP contribution < -0.4 is 0 Å². The third-order valence-corrected chi connectivity index (χ3v) is 5.30. The molecule has 0 saturated heterocycles. The Morgan fingerprint density at radius 3 is 2.48 bits per heavy atom. The monoisotopic (exact) mass is 399 g/mol. The number of hydrogen-bond donors (Lipinski definition) is 0. The average molecular weight is 400 g/mol. The first-order chi connectivity index (χ1) is 14.2. The van der Waals surface area contributed by atoms with E-state index in [1.165, 1.54) is 0 Å². The van der Waals surface area contributed by atoms with Crippen LogP contribution in [-0.4, -0.2) is 27.6 Å². The number of rotatable bonds is 6. The van der Waals surface area contributed by atoms with Gasteiger partial charge in [-0.15, -0.1) is 0 Å². The normalized spacial score (nSPS) is 11.1. The van der Waals surface area contributed by atoms with Crippen LogP contribution in [0.25, 0.3) is 23.0 Å². The summed E-state index contributed by atoms with van der Waals surface area (Å²) in [4.78, 5) is 14.3. The van der Waals surface area contributed by atoms with E-state index in [2.05, 4.69) is 0 Å². The molecular weight excluding hydrogens is 378 g/mol. The van der Waals surface area contributed by atoms with Crippen molar-refractivity contribution in [3.05, 3.63) is 101 Å². The molecule has 1 amide bonds. The van der Waals surface area contributed by atoms with E-state index in [1.54, 1.807) is 22.3 Å². The van der Waals surface area contributed by atoms with Gasteiger partial charge in [0.05, 0.1) is 11.4 Å². The predicted octanol–water partition coefficient (Wildman–Crippen LogP) is 5.27. The van der Waals surface area contributed by atoms with Crippen molar-refractivity contribution < 1.29 is 4.79 Å². The van der Waals surface area contributed by atoms with Crippen LogP contribution in [0.3, 0.4) is 0 Å². The van der Waals surface area contributed by atoms with Gasteiger partial charge in [-0.2, -0.15) is 16.4 Å². The van der Waals surface area contributed by atoms with Crippen molar-refractivity contribution in [3.63, 3.8) is 0 Å². The average Bonchev–Trinajstić information content (AvgIpc) is 3.43. The molecule has 0 aliphatic rings. The van der Waals surface area contributed by atoms with E-state index in [4.69, 9.17) is 5.10 Å². The van der Waals surface area contributed by atoms with Crippen molar-refractivity contribution in [2.45, 2.75) is 6.54 Å². The zero-order chi connectivity index (χ0) is 20.1. The highest BCUT2D eigenvalue weighted by molar-refractivity contribution is 7.08. The topological polar surface area (TPSA) is 38.1 Å². The molecular formula is C24H21N3OS. The van der Waals surface area contributed by atoms with Crippen LogP contribution >= 0.6 is 11.3 Å². The SMILES string of the molecule is CN(Cc1cn(-c2ccccc2)nc1-c1ccccc1)C(=O)C=Cc1ccsc1. The zero-order valence-electron chi connectivity index (χ0n) is 16.1. The number of carbonyl (C=O) groups is 1. The molecule has 29 heavy (non-hydrogen) atoms. The largest absolute Gasteiger partial charge is 0.338 e. The van der Waals surface area contributed by atoms with Gasteiger partial charge in [0.1, 0.15) is 0 Å². The standard InChI is InChI=1S/C24H21N3OS/c1-26(23(28)13-12-19-14-15-29-18-19)16-21-17-27(22-10-6-3-7-11-22)25-24(21)20-8-4-2-5-9-20/h2-15,17-18H,16H2,1H3. The predicted molar refractivity (Wildman–Crippen MR) is 119 cm³/mol. The Labute approximate surface area is 174 Å². The molecule has 0 radical (unpaired) electrons. The van der Waals surface area contributed by atoms with Gasteiger partial charge >= 0.3 is 0 Å².